The van der Waals surface area contributed by atoms with Gasteiger partial charge in [-0.25, -0.2) is 0 Å². The summed E-state index contributed by atoms with van der Waals surface area (Å²) in [7, 11) is 0. The second-order valence-electron chi connectivity index (χ2n) is 4.65. The molecule has 5 heteroatoms. The highest BCUT2D eigenvalue weighted by atomic mass is 35.5. The van der Waals surface area contributed by atoms with E-state index in [0.717, 1.165) is 12.0 Å². The van der Waals surface area contributed by atoms with E-state index in [0.29, 0.717) is 10.7 Å². The van der Waals surface area contributed by atoms with Crippen LogP contribution in [0.5, 0.6) is 0 Å². The number of para-hydroxylation sites is 2. The van der Waals surface area contributed by atoms with Crippen molar-refractivity contribution in [2.75, 3.05) is 5.32 Å². The van der Waals surface area contributed by atoms with Gasteiger partial charge < -0.3 is 5.32 Å². The molecule has 4 nitrogen and oxygen atoms in total. The van der Waals surface area contributed by atoms with Crippen LogP contribution in [0.3, 0.4) is 0 Å². The number of anilines is 1. The van der Waals surface area contributed by atoms with Gasteiger partial charge in [0, 0.05) is 17.1 Å². The van der Waals surface area contributed by atoms with Gasteiger partial charge in [0.25, 0.3) is 5.69 Å². The maximum absolute atomic E-state index is 10.9. The summed E-state index contributed by atoms with van der Waals surface area (Å²) in [4.78, 5) is 10.6. The van der Waals surface area contributed by atoms with E-state index in [1.165, 1.54) is 6.07 Å². The fourth-order valence-corrected chi connectivity index (χ4v) is 2.17. The molecule has 0 saturated heterocycles. The third kappa shape index (κ3) is 3.71. The average molecular weight is 291 g/mol. The molecule has 0 radical (unpaired) electrons. The molecular weight excluding hydrogens is 276 g/mol. The van der Waals surface area contributed by atoms with Gasteiger partial charge in [0.2, 0.25) is 0 Å². The Morgan fingerprint density at radius 3 is 2.50 bits per heavy atom. The lowest BCUT2D eigenvalue weighted by atomic mass is 10.1. The van der Waals surface area contributed by atoms with Crippen LogP contribution in [-0.2, 0) is 6.42 Å². The number of benzene rings is 2. The highest BCUT2D eigenvalue weighted by molar-refractivity contribution is 6.30. The molecule has 0 amide bonds. The number of rotatable bonds is 5. The Morgan fingerprint density at radius 2 is 1.85 bits per heavy atom. The Morgan fingerprint density at radius 1 is 1.20 bits per heavy atom. The first-order chi connectivity index (χ1) is 9.56. The molecule has 2 aromatic carbocycles. The lowest BCUT2D eigenvalue weighted by Gasteiger charge is -2.15. The zero-order valence-corrected chi connectivity index (χ0v) is 11.8. The maximum Gasteiger partial charge on any atom is 0.292 e. The van der Waals surface area contributed by atoms with Gasteiger partial charge in [0.05, 0.1) is 4.92 Å². The number of halogens is 1. The van der Waals surface area contributed by atoms with Crippen LogP contribution >= 0.6 is 11.6 Å². The number of hydrogen-bond donors (Lipinski definition) is 1. The summed E-state index contributed by atoms with van der Waals surface area (Å²) >= 11 is 5.84. The lowest BCUT2D eigenvalue weighted by molar-refractivity contribution is -0.384. The lowest BCUT2D eigenvalue weighted by Crippen LogP contribution is -2.18. The highest BCUT2D eigenvalue weighted by Gasteiger charge is 2.14. The van der Waals surface area contributed by atoms with Crippen molar-refractivity contribution >= 4 is 23.0 Å². The summed E-state index contributed by atoms with van der Waals surface area (Å²) in [5.74, 6) is 0. The first-order valence-electron chi connectivity index (χ1n) is 6.30. The van der Waals surface area contributed by atoms with Crippen molar-refractivity contribution in [3.05, 3.63) is 69.2 Å². The smallest absolute Gasteiger partial charge is 0.292 e. The number of nitrogens with one attached hydrogen (secondary N) is 1. The van der Waals surface area contributed by atoms with E-state index in [1.807, 2.05) is 31.2 Å². The molecule has 20 heavy (non-hydrogen) atoms. The molecule has 0 saturated carbocycles. The van der Waals surface area contributed by atoms with E-state index in [4.69, 9.17) is 11.6 Å². The molecule has 104 valence electrons. The summed E-state index contributed by atoms with van der Waals surface area (Å²) < 4.78 is 0. The second kappa shape index (κ2) is 6.39. The van der Waals surface area contributed by atoms with Crippen molar-refractivity contribution < 1.29 is 4.92 Å². The van der Waals surface area contributed by atoms with E-state index in [2.05, 4.69) is 5.32 Å². The third-order valence-corrected chi connectivity index (χ3v) is 3.21. The fraction of sp³-hybridized carbons (Fsp3) is 0.200. The molecule has 0 aliphatic rings. The maximum atomic E-state index is 10.9. The van der Waals surface area contributed by atoms with Crippen molar-refractivity contribution in [3.8, 4) is 0 Å². The van der Waals surface area contributed by atoms with Gasteiger partial charge in [-0.1, -0.05) is 35.9 Å². The van der Waals surface area contributed by atoms with Crippen LogP contribution in [0.1, 0.15) is 12.5 Å². The number of nitro groups is 1. The second-order valence-corrected chi connectivity index (χ2v) is 5.09. The molecule has 1 atom stereocenters. The fourth-order valence-electron chi connectivity index (χ4n) is 2.05. The minimum absolute atomic E-state index is 0.0808. The van der Waals surface area contributed by atoms with E-state index in [-0.39, 0.29) is 16.7 Å². The Hall–Kier alpha value is -2.07. The normalized spacial score (nSPS) is 11.9. The Kier molecular flexibility index (Phi) is 4.58. The highest BCUT2D eigenvalue weighted by Crippen LogP contribution is 2.24. The van der Waals surface area contributed by atoms with Crippen LogP contribution in [0.4, 0.5) is 11.4 Å². The molecule has 0 heterocycles. The summed E-state index contributed by atoms with van der Waals surface area (Å²) in [5.41, 5.74) is 1.77. The van der Waals surface area contributed by atoms with Crippen molar-refractivity contribution in [1.29, 1.82) is 0 Å². The van der Waals surface area contributed by atoms with Gasteiger partial charge >= 0.3 is 0 Å². The van der Waals surface area contributed by atoms with Gasteiger partial charge in [-0.05, 0) is 37.1 Å². The minimum Gasteiger partial charge on any atom is -0.377 e. The van der Waals surface area contributed by atoms with Gasteiger partial charge in [0.15, 0.2) is 0 Å². The Bertz CT molecular complexity index is 599. The molecule has 0 aliphatic carbocycles. The van der Waals surface area contributed by atoms with Crippen LogP contribution in [-0.4, -0.2) is 11.0 Å². The summed E-state index contributed by atoms with van der Waals surface area (Å²) in [6.07, 6.45) is 0.767. The van der Waals surface area contributed by atoms with Crippen LogP contribution in [0.2, 0.25) is 5.02 Å². The molecule has 0 bridgehead atoms. The summed E-state index contributed by atoms with van der Waals surface area (Å²) in [5, 5.41) is 14.8. The molecule has 1 N–H and O–H groups in total. The number of nitrogens with zero attached hydrogens (tertiary/aromatic N) is 1. The number of nitro benzene ring substituents is 1. The van der Waals surface area contributed by atoms with Crippen LogP contribution in [0.15, 0.2) is 48.5 Å². The minimum atomic E-state index is -0.378. The third-order valence-electron chi connectivity index (χ3n) is 2.96. The number of hydrogen-bond acceptors (Lipinski definition) is 3. The van der Waals surface area contributed by atoms with Crippen molar-refractivity contribution in [1.82, 2.24) is 0 Å². The van der Waals surface area contributed by atoms with Gasteiger partial charge in [-0.2, -0.15) is 0 Å². The predicted molar refractivity (Wildman–Crippen MR) is 81.3 cm³/mol. The first kappa shape index (κ1) is 14.3. The standard InChI is InChI=1S/C15H15ClN2O2/c1-11(10-12-6-8-13(16)9-7-12)17-14-4-2-3-5-15(14)18(19)20/h2-9,11,17H,10H2,1H3. The molecular formula is C15H15ClN2O2. The van der Waals surface area contributed by atoms with Crippen LogP contribution < -0.4 is 5.32 Å². The Labute approximate surface area is 122 Å². The van der Waals surface area contributed by atoms with E-state index in [9.17, 15) is 10.1 Å². The molecule has 0 aliphatic heterocycles. The average Bonchev–Trinajstić information content (AvgIpc) is 2.41. The van der Waals surface area contributed by atoms with E-state index < -0.39 is 0 Å². The van der Waals surface area contributed by atoms with Crippen molar-refractivity contribution in [2.24, 2.45) is 0 Å². The molecule has 0 fully saturated rings. The molecule has 2 rings (SSSR count). The topological polar surface area (TPSA) is 55.2 Å². The molecule has 0 aromatic heterocycles. The zero-order valence-electron chi connectivity index (χ0n) is 11.0. The zero-order chi connectivity index (χ0) is 14.5. The quantitative estimate of drug-likeness (QED) is 0.660. The van der Waals surface area contributed by atoms with E-state index in [1.54, 1.807) is 18.2 Å². The first-order valence-corrected chi connectivity index (χ1v) is 6.68. The largest absolute Gasteiger partial charge is 0.377 e. The Balaban J connectivity index is 2.06. The van der Waals surface area contributed by atoms with E-state index >= 15 is 0 Å². The monoisotopic (exact) mass is 290 g/mol. The summed E-state index contributed by atoms with van der Waals surface area (Å²) in [6, 6.07) is 14.3. The molecule has 2 aromatic rings. The van der Waals surface area contributed by atoms with Gasteiger partial charge in [-0.15, -0.1) is 0 Å². The van der Waals surface area contributed by atoms with Crippen molar-refractivity contribution in [3.63, 3.8) is 0 Å². The van der Waals surface area contributed by atoms with Gasteiger partial charge in [-0.3, -0.25) is 10.1 Å². The molecule has 0 spiro atoms. The van der Waals surface area contributed by atoms with Crippen LogP contribution in [0.25, 0.3) is 0 Å². The molecule has 1 unspecified atom stereocenters. The SMILES string of the molecule is CC(Cc1ccc(Cl)cc1)Nc1ccccc1[N+](=O)[O-]. The predicted octanol–water partition coefficient (Wildman–Crippen LogP) is 4.29. The van der Waals surface area contributed by atoms with Crippen molar-refractivity contribution in [2.45, 2.75) is 19.4 Å². The van der Waals surface area contributed by atoms with Gasteiger partial charge in [0.1, 0.15) is 5.69 Å². The summed E-state index contributed by atoms with van der Waals surface area (Å²) in [6.45, 7) is 1.99. The van der Waals surface area contributed by atoms with Crippen LogP contribution in [0, 0.1) is 10.1 Å².